The third-order valence-corrected chi connectivity index (χ3v) is 6.39. The molecule has 0 fully saturated rings. The molecular formula is C21H17N3O3S. The molecule has 6 nitrogen and oxygen atoms in total. The summed E-state index contributed by atoms with van der Waals surface area (Å²) in [4.78, 5) is 16.5. The molecule has 0 aliphatic heterocycles. The number of rotatable bonds is 5. The van der Waals surface area contributed by atoms with Gasteiger partial charge in [-0.05, 0) is 29.8 Å². The van der Waals surface area contributed by atoms with Crippen molar-refractivity contribution in [1.82, 2.24) is 9.55 Å². The van der Waals surface area contributed by atoms with Gasteiger partial charge in [-0.25, -0.2) is 8.42 Å². The van der Waals surface area contributed by atoms with Gasteiger partial charge in [-0.3, -0.25) is 9.78 Å². The predicted molar refractivity (Wildman–Crippen MR) is 106 cm³/mol. The van der Waals surface area contributed by atoms with Crippen molar-refractivity contribution in [2.75, 3.05) is 0 Å². The largest absolute Gasteiger partial charge is 0.364 e. The van der Waals surface area contributed by atoms with Crippen LogP contribution >= 0.6 is 0 Å². The molecule has 0 saturated carbocycles. The normalized spacial score (nSPS) is 11.6. The van der Waals surface area contributed by atoms with Crippen molar-refractivity contribution in [3.05, 3.63) is 90.4 Å². The number of hydrogen-bond acceptors (Lipinski definition) is 4. The standard InChI is InChI=1S/C21H17N3O3S/c22-21(25)19-20(28(26,27)16-8-2-1-3-9-16)17-10-4-5-11-18(17)24(19)14-15-7-6-12-23-13-15/h1-13H,14H2,(H2,22,25). The lowest BCUT2D eigenvalue weighted by molar-refractivity contribution is 0.0989. The predicted octanol–water partition coefficient (Wildman–Crippen LogP) is 3.02. The third-order valence-electron chi connectivity index (χ3n) is 4.54. The van der Waals surface area contributed by atoms with E-state index in [0.29, 0.717) is 10.9 Å². The Bertz CT molecular complexity index is 1260. The second kappa shape index (κ2) is 6.94. The number of carbonyl (C=O) groups excluding carboxylic acids is 1. The summed E-state index contributed by atoms with van der Waals surface area (Å²) >= 11 is 0. The lowest BCUT2D eigenvalue weighted by Crippen LogP contribution is -2.20. The lowest BCUT2D eigenvalue weighted by Gasteiger charge is -2.10. The zero-order valence-electron chi connectivity index (χ0n) is 14.8. The van der Waals surface area contributed by atoms with Crippen LogP contribution in [0.2, 0.25) is 0 Å². The Labute approximate surface area is 162 Å². The second-order valence-corrected chi connectivity index (χ2v) is 8.21. The molecular weight excluding hydrogens is 374 g/mol. The maximum Gasteiger partial charge on any atom is 0.266 e. The lowest BCUT2D eigenvalue weighted by atomic mass is 10.2. The van der Waals surface area contributed by atoms with Gasteiger partial charge in [-0.2, -0.15) is 0 Å². The number of benzene rings is 2. The summed E-state index contributed by atoms with van der Waals surface area (Å²) < 4.78 is 28.5. The molecule has 0 saturated heterocycles. The van der Waals surface area contributed by atoms with Crippen LogP contribution in [0.25, 0.3) is 10.9 Å². The number of nitrogens with two attached hydrogens (primary N) is 1. The molecule has 2 aromatic carbocycles. The number of fused-ring (bicyclic) bond motifs is 1. The fourth-order valence-corrected chi connectivity index (χ4v) is 5.02. The Morgan fingerprint density at radius 2 is 1.68 bits per heavy atom. The molecule has 0 bridgehead atoms. The van der Waals surface area contributed by atoms with Crippen LogP contribution in [-0.4, -0.2) is 23.9 Å². The van der Waals surface area contributed by atoms with Gasteiger partial charge >= 0.3 is 0 Å². The van der Waals surface area contributed by atoms with Crippen LogP contribution in [0.1, 0.15) is 16.1 Å². The van der Waals surface area contributed by atoms with Gasteiger partial charge in [0.2, 0.25) is 9.84 Å². The van der Waals surface area contributed by atoms with E-state index in [-0.39, 0.29) is 22.0 Å². The number of primary amides is 1. The summed E-state index contributed by atoms with van der Waals surface area (Å²) in [5, 5.41) is 0.462. The first kappa shape index (κ1) is 17.9. The number of pyridine rings is 1. The van der Waals surface area contributed by atoms with E-state index in [9.17, 15) is 13.2 Å². The summed E-state index contributed by atoms with van der Waals surface area (Å²) in [5.41, 5.74) is 7.08. The number of hydrogen-bond donors (Lipinski definition) is 1. The minimum absolute atomic E-state index is 0.0334. The molecule has 2 N–H and O–H groups in total. The van der Waals surface area contributed by atoms with E-state index in [1.54, 1.807) is 65.5 Å². The van der Waals surface area contributed by atoms with Crippen LogP contribution in [0.3, 0.4) is 0 Å². The van der Waals surface area contributed by atoms with E-state index >= 15 is 0 Å². The molecule has 7 heteroatoms. The van der Waals surface area contributed by atoms with Gasteiger partial charge in [-0.15, -0.1) is 0 Å². The Kier molecular flexibility index (Phi) is 4.44. The van der Waals surface area contributed by atoms with Crippen molar-refractivity contribution in [3.8, 4) is 0 Å². The molecule has 1 amide bonds. The molecule has 2 heterocycles. The minimum Gasteiger partial charge on any atom is -0.364 e. The topological polar surface area (TPSA) is 95.0 Å². The average molecular weight is 391 g/mol. The van der Waals surface area contributed by atoms with E-state index in [0.717, 1.165) is 5.56 Å². The summed E-state index contributed by atoms with van der Waals surface area (Å²) in [7, 11) is -3.95. The van der Waals surface area contributed by atoms with E-state index < -0.39 is 15.7 Å². The number of sulfone groups is 1. The van der Waals surface area contributed by atoms with Crippen LogP contribution in [-0.2, 0) is 16.4 Å². The van der Waals surface area contributed by atoms with Crippen LogP contribution in [0.4, 0.5) is 0 Å². The molecule has 28 heavy (non-hydrogen) atoms. The first-order valence-electron chi connectivity index (χ1n) is 8.60. The van der Waals surface area contributed by atoms with Gasteiger partial charge in [0.05, 0.1) is 10.4 Å². The van der Waals surface area contributed by atoms with Crippen molar-refractivity contribution in [2.45, 2.75) is 16.3 Å². The van der Waals surface area contributed by atoms with Gasteiger partial charge in [0.25, 0.3) is 5.91 Å². The molecule has 4 rings (SSSR count). The van der Waals surface area contributed by atoms with Gasteiger partial charge in [0.15, 0.2) is 0 Å². The first-order valence-corrected chi connectivity index (χ1v) is 10.1. The summed E-state index contributed by atoms with van der Waals surface area (Å²) in [6, 6.07) is 18.7. The molecule has 2 aromatic heterocycles. The zero-order chi connectivity index (χ0) is 19.7. The maximum absolute atomic E-state index is 13.4. The number of para-hydroxylation sites is 1. The monoisotopic (exact) mass is 391 g/mol. The van der Waals surface area contributed by atoms with Crippen LogP contribution < -0.4 is 5.73 Å². The molecule has 0 atom stereocenters. The van der Waals surface area contributed by atoms with E-state index in [1.807, 2.05) is 6.07 Å². The maximum atomic E-state index is 13.4. The second-order valence-electron chi connectivity index (χ2n) is 6.32. The van der Waals surface area contributed by atoms with Crippen molar-refractivity contribution < 1.29 is 13.2 Å². The van der Waals surface area contributed by atoms with Crippen molar-refractivity contribution >= 4 is 26.6 Å². The summed E-state index contributed by atoms with van der Waals surface area (Å²) in [5.74, 6) is -0.797. The highest BCUT2D eigenvalue weighted by Gasteiger charge is 2.31. The molecule has 0 aliphatic rings. The number of nitrogens with zero attached hydrogens (tertiary/aromatic N) is 2. The smallest absolute Gasteiger partial charge is 0.266 e. The summed E-state index contributed by atoms with van der Waals surface area (Å²) in [6.07, 6.45) is 3.32. The highest BCUT2D eigenvalue weighted by atomic mass is 32.2. The number of amides is 1. The average Bonchev–Trinajstić information content (AvgIpc) is 3.05. The number of carbonyl (C=O) groups is 1. The van der Waals surface area contributed by atoms with Crippen molar-refractivity contribution in [3.63, 3.8) is 0 Å². The number of aromatic nitrogens is 2. The Balaban J connectivity index is 2.05. The van der Waals surface area contributed by atoms with E-state index in [1.165, 1.54) is 12.1 Å². The highest BCUT2D eigenvalue weighted by Crippen LogP contribution is 2.34. The van der Waals surface area contributed by atoms with Crippen LogP contribution in [0.5, 0.6) is 0 Å². The van der Waals surface area contributed by atoms with E-state index in [2.05, 4.69) is 4.98 Å². The Hall–Kier alpha value is -3.45. The van der Waals surface area contributed by atoms with Gasteiger partial charge in [-0.1, -0.05) is 42.5 Å². The van der Waals surface area contributed by atoms with Gasteiger partial charge < -0.3 is 10.3 Å². The molecule has 0 spiro atoms. The van der Waals surface area contributed by atoms with Crippen LogP contribution in [0.15, 0.2) is 88.9 Å². The fraction of sp³-hybridized carbons (Fsp3) is 0.0476. The molecule has 0 unspecified atom stereocenters. The van der Waals surface area contributed by atoms with Gasteiger partial charge in [0, 0.05) is 24.3 Å². The molecule has 4 aromatic rings. The minimum atomic E-state index is -3.95. The van der Waals surface area contributed by atoms with E-state index in [4.69, 9.17) is 5.73 Å². The zero-order valence-corrected chi connectivity index (χ0v) is 15.6. The van der Waals surface area contributed by atoms with Gasteiger partial charge in [0.1, 0.15) is 10.6 Å². The summed E-state index contributed by atoms with van der Waals surface area (Å²) in [6.45, 7) is 0.275. The SMILES string of the molecule is NC(=O)c1c(S(=O)(=O)c2ccccc2)c2ccccc2n1Cc1cccnc1. The fourth-order valence-electron chi connectivity index (χ4n) is 3.34. The Morgan fingerprint density at radius 1 is 0.964 bits per heavy atom. The van der Waals surface area contributed by atoms with Crippen molar-refractivity contribution in [1.29, 1.82) is 0 Å². The molecule has 0 aliphatic carbocycles. The molecule has 140 valence electrons. The quantitative estimate of drug-likeness (QED) is 0.566. The first-order chi connectivity index (χ1) is 13.5. The molecule has 0 radical (unpaired) electrons. The Morgan fingerprint density at radius 3 is 2.36 bits per heavy atom. The van der Waals surface area contributed by atoms with Crippen molar-refractivity contribution in [2.24, 2.45) is 5.73 Å². The van der Waals surface area contributed by atoms with Crippen LogP contribution in [0, 0.1) is 0 Å². The highest BCUT2D eigenvalue weighted by molar-refractivity contribution is 7.91. The third kappa shape index (κ3) is 2.95.